The van der Waals surface area contributed by atoms with Gasteiger partial charge in [0.2, 0.25) is 5.82 Å². The molecule has 1 aromatic heterocycles. The van der Waals surface area contributed by atoms with Crippen LogP contribution in [-0.4, -0.2) is 11.1 Å². The zero-order valence-corrected chi connectivity index (χ0v) is 16.0. The molecule has 0 bridgehead atoms. The first kappa shape index (κ1) is 21.3. The van der Waals surface area contributed by atoms with Crippen molar-refractivity contribution in [3.05, 3.63) is 75.4 Å². The van der Waals surface area contributed by atoms with Gasteiger partial charge in [-0.3, -0.25) is 4.79 Å². The molecule has 5 nitrogen and oxygen atoms in total. The number of nitrogens with one attached hydrogen (secondary N) is 1. The largest absolute Gasteiger partial charge is 0.488 e. The zero-order valence-electron chi connectivity index (χ0n) is 16.0. The molecule has 0 aliphatic rings. The summed E-state index contributed by atoms with van der Waals surface area (Å²) in [7, 11) is 0. The summed E-state index contributed by atoms with van der Waals surface area (Å²) in [5.41, 5.74) is 0.0938. The van der Waals surface area contributed by atoms with Crippen molar-refractivity contribution >= 4 is 11.6 Å². The molecule has 2 aromatic carbocycles. The van der Waals surface area contributed by atoms with Crippen molar-refractivity contribution in [3.8, 4) is 5.75 Å². The van der Waals surface area contributed by atoms with Crippen LogP contribution in [0.25, 0.3) is 0 Å². The average Bonchev–Trinajstić information content (AvgIpc) is 3.08. The zero-order chi connectivity index (χ0) is 22.2. The molecule has 0 aliphatic carbocycles. The lowest BCUT2D eigenvalue weighted by Gasteiger charge is -2.11. The van der Waals surface area contributed by atoms with Crippen LogP contribution in [-0.2, 0) is 6.61 Å². The summed E-state index contributed by atoms with van der Waals surface area (Å²) in [6, 6.07) is 5.42. The predicted octanol–water partition coefficient (Wildman–Crippen LogP) is 5.13. The van der Waals surface area contributed by atoms with Crippen LogP contribution in [0.2, 0.25) is 0 Å². The van der Waals surface area contributed by atoms with Crippen molar-refractivity contribution in [2.75, 3.05) is 5.32 Å². The maximum Gasteiger partial charge on any atom is 0.278 e. The van der Waals surface area contributed by atoms with Crippen molar-refractivity contribution < 1.29 is 36.0 Å². The van der Waals surface area contributed by atoms with E-state index in [0.717, 1.165) is 11.1 Å². The van der Waals surface area contributed by atoms with Gasteiger partial charge in [-0.15, -0.1) is 0 Å². The Bertz CT molecular complexity index is 1110. The van der Waals surface area contributed by atoms with Gasteiger partial charge in [-0.25, -0.2) is 22.0 Å². The highest BCUT2D eigenvalue weighted by molar-refractivity contribution is 6.04. The third kappa shape index (κ3) is 3.85. The predicted molar refractivity (Wildman–Crippen MR) is 95.7 cm³/mol. The molecule has 0 atom stereocenters. The second-order valence-electron chi connectivity index (χ2n) is 6.52. The fourth-order valence-corrected chi connectivity index (χ4v) is 2.74. The Morgan fingerprint density at radius 3 is 2.20 bits per heavy atom. The van der Waals surface area contributed by atoms with Gasteiger partial charge in [0.05, 0.1) is 5.56 Å². The molecule has 10 heteroatoms. The number of halogens is 5. The fourth-order valence-electron chi connectivity index (χ4n) is 2.74. The molecule has 0 fully saturated rings. The molecule has 0 radical (unpaired) electrons. The van der Waals surface area contributed by atoms with E-state index in [1.165, 1.54) is 6.92 Å². The van der Waals surface area contributed by atoms with Gasteiger partial charge in [0, 0.05) is 0 Å². The smallest absolute Gasteiger partial charge is 0.278 e. The average molecular weight is 426 g/mol. The molecule has 0 unspecified atom stereocenters. The van der Waals surface area contributed by atoms with Crippen LogP contribution < -0.4 is 10.1 Å². The highest BCUT2D eigenvalue weighted by atomic mass is 19.2. The number of amides is 1. The number of benzene rings is 2. The van der Waals surface area contributed by atoms with E-state index in [0.29, 0.717) is 5.75 Å². The van der Waals surface area contributed by atoms with Crippen molar-refractivity contribution in [1.29, 1.82) is 0 Å². The van der Waals surface area contributed by atoms with E-state index in [-0.39, 0.29) is 17.9 Å². The second-order valence-corrected chi connectivity index (χ2v) is 6.52. The van der Waals surface area contributed by atoms with Crippen molar-refractivity contribution in [2.24, 2.45) is 0 Å². The maximum absolute atomic E-state index is 13.8. The molecule has 3 rings (SSSR count). The number of carbonyl (C=O) groups is 1. The van der Waals surface area contributed by atoms with Crippen LogP contribution in [0, 0.1) is 49.9 Å². The molecule has 0 saturated carbocycles. The second kappa shape index (κ2) is 8.13. The highest BCUT2D eigenvalue weighted by Crippen LogP contribution is 2.28. The van der Waals surface area contributed by atoms with E-state index >= 15 is 0 Å². The number of ether oxygens (including phenoxy) is 1. The highest BCUT2D eigenvalue weighted by Gasteiger charge is 2.29. The Kier molecular flexibility index (Phi) is 5.77. The maximum atomic E-state index is 13.8. The van der Waals surface area contributed by atoms with Crippen LogP contribution in [0.15, 0.2) is 22.7 Å². The lowest BCUT2D eigenvalue weighted by molar-refractivity contribution is 0.101. The molecular weight excluding hydrogens is 411 g/mol. The van der Waals surface area contributed by atoms with Crippen molar-refractivity contribution in [1.82, 2.24) is 5.16 Å². The molecule has 3 aromatic rings. The molecule has 1 amide bonds. The number of rotatable bonds is 5. The first-order valence-corrected chi connectivity index (χ1v) is 8.59. The SMILES string of the molecule is Cc1ccc(OCc2c(C(=O)Nc3c(F)c(F)c(F)c(F)c3F)noc2C)c(C)c1. The Labute approximate surface area is 167 Å². The lowest BCUT2D eigenvalue weighted by Crippen LogP contribution is -2.19. The molecule has 0 aliphatic heterocycles. The number of aryl methyl sites for hydroxylation is 3. The minimum Gasteiger partial charge on any atom is -0.488 e. The Hall–Kier alpha value is -3.43. The molecule has 0 spiro atoms. The monoisotopic (exact) mass is 426 g/mol. The van der Waals surface area contributed by atoms with Gasteiger partial charge >= 0.3 is 0 Å². The number of carbonyl (C=O) groups excluding carboxylic acids is 1. The van der Waals surface area contributed by atoms with Gasteiger partial charge in [-0.05, 0) is 32.4 Å². The van der Waals surface area contributed by atoms with E-state index in [1.807, 2.05) is 26.0 Å². The number of aromatic nitrogens is 1. The van der Waals surface area contributed by atoms with Crippen LogP contribution in [0.3, 0.4) is 0 Å². The fraction of sp³-hybridized carbons (Fsp3) is 0.200. The minimum absolute atomic E-state index is 0.149. The first-order valence-electron chi connectivity index (χ1n) is 8.59. The van der Waals surface area contributed by atoms with Gasteiger partial charge < -0.3 is 14.6 Å². The first-order chi connectivity index (χ1) is 14.1. The third-order valence-corrected chi connectivity index (χ3v) is 4.35. The van der Waals surface area contributed by atoms with Gasteiger partial charge in [-0.1, -0.05) is 22.9 Å². The summed E-state index contributed by atoms with van der Waals surface area (Å²) in [4.78, 5) is 12.4. The van der Waals surface area contributed by atoms with E-state index in [4.69, 9.17) is 9.26 Å². The van der Waals surface area contributed by atoms with E-state index < -0.39 is 46.4 Å². The van der Waals surface area contributed by atoms with Crippen molar-refractivity contribution in [3.63, 3.8) is 0 Å². The van der Waals surface area contributed by atoms with E-state index in [2.05, 4.69) is 5.16 Å². The third-order valence-electron chi connectivity index (χ3n) is 4.35. The summed E-state index contributed by atoms with van der Waals surface area (Å²) in [5.74, 6) is -11.6. The normalized spacial score (nSPS) is 10.9. The summed E-state index contributed by atoms with van der Waals surface area (Å²) >= 11 is 0. The lowest BCUT2D eigenvalue weighted by atomic mass is 10.1. The minimum atomic E-state index is -2.33. The topological polar surface area (TPSA) is 64.4 Å². The number of hydrogen-bond acceptors (Lipinski definition) is 4. The Morgan fingerprint density at radius 1 is 1.00 bits per heavy atom. The molecule has 0 saturated heterocycles. The van der Waals surface area contributed by atoms with E-state index in [9.17, 15) is 26.7 Å². The summed E-state index contributed by atoms with van der Waals surface area (Å²) < 4.78 is 78.1. The van der Waals surface area contributed by atoms with Crippen LogP contribution >= 0.6 is 0 Å². The standard InChI is InChI=1S/C20H15F5N2O3/c1-8-4-5-12(9(2)6-8)29-7-11-10(3)30-27-18(11)20(28)26-19-16(24)14(22)13(21)15(23)17(19)25/h4-6H,7H2,1-3H3,(H,26,28). The van der Waals surface area contributed by atoms with Crippen LogP contribution in [0.5, 0.6) is 5.75 Å². The van der Waals surface area contributed by atoms with E-state index in [1.54, 1.807) is 11.4 Å². The van der Waals surface area contributed by atoms with Gasteiger partial charge in [-0.2, -0.15) is 0 Å². The van der Waals surface area contributed by atoms with Gasteiger partial charge in [0.25, 0.3) is 5.91 Å². The Balaban J connectivity index is 1.87. The Morgan fingerprint density at radius 2 is 1.60 bits per heavy atom. The van der Waals surface area contributed by atoms with Crippen molar-refractivity contribution in [2.45, 2.75) is 27.4 Å². The summed E-state index contributed by atoms with van der Waals surface area (Å²) in [6.45, 7) is 5.02. The van der Waals surface area contributed by atoms with Gasteiger partial charge in [0.1, 0.15) is 23.8 Å². The number of nitrogens with zero attached hydrogens (tertiary/aromatic N) is 1. The molecule has 158 valence electrons. The molecule has 1 heterocycles. The van der Waals surface area contributed by atoms with Crippen LogP contribution in [0.1, 0.15) is 32.9 Å². The quantitative estimate of drug-likeness (QED) is 0.349. The van der Waals surface area contributed by atoms with Crippen LogP contribution in [0.4, 0.5) is 27.6 Å². The van der Waals surface area contributed by atoms with Gasteiger partial charge in [0.15, 0.2) is 29.0 Å². The summed E-state index contributed by atoms with van der Waals surface area (Å²) in [5, 5.41) is 5.17. The summed E-state index contributed by atoms with van der Waals surface area (Å²) in [6.07, 6.45) is 0. The molecule has 1 N–H and O–H groups in total. The molecule has 30 heavy (non-hydrogen) atoms. The number of hydrogen-bond donors (Lipinski definition) is 1. The number of anilines is 1. The molecular formula is C20H15F5N2O3.